The molecule has 0 N–H and O–H groups in total. The fourth-order valence-electron chi connectivity index (χ4n) is 2.50. The van der Waals surface area contributed by atoms with Crippen LogP contribution in [0.2, 0.25) is 5.02 Å². The molecule has 0 radical (unpaired) electrons. The second kappa shape index (κ2) is 8.18. The van der Waals surface area contributed by atoms with E-state index in [2.05, 4.69) is 4.98 Å². The zero-order valence-electron chi connectivity index (χ0n) is 14.9. The number of Topliss-reactive ketones (excluding diaryl/α,β-unsaturated/α-hetero) is 2. The summed E-state index contributed by atoms with van der Waals surface area (Å²) >= 11 is 5.97. The molecule has 0 bridgehead atoms. The predicted octanol–water partition coefficient (Wildman–Crippen LogP) is 5.00. The van der Waals surface area contributed by atoms with Crippen LogP contribution in [0.1, 0.15) is 20.3 Å². The predicted molar refractivity (Wildman–Crippen MR) is 104 cm³/mol. The lowest BCUT2D eigenvalue weighted by Crippen LogP contribution is -2.25. The summed E-state index contributed by atoms with van der Waals surface area (Å²) in [6.07, 6.45) is -0.809. The fourth-order valence-corrected chi connectivity index (χ4v) is 2.68. The summed E-state index contributed by atoms with van der Waals surface area (Å²) in [4.78, 5) is 27.3. The molecule has 0 amide bonds. The largest absolute Gasteiger partial charge is 0.483 e. The number of carbonyl (C=O) groups excluding carboxylic acids is 2. The molecule has 3 aromatic rings. The van der Waals surface area contributed by atoms with Gasteiger partial charge in [-0.2, -0.15) is 0 Å². The Balaban J connectivity index is 1.66. The summed E-state index contributed by atoms with van der Waals surface area (Å²) in [6.45, 7) is 3.01. The molecule has 138 valence electrons. The summed E-state index contributed by atoms with van der Waals surface area (Å²) in [5, 5.41) is 1.59. The molecule has 0 fully saturated rings. The number of halogens is 1. The van der Waals surface area contributed by atoms with Crippen LogP contribution in [0.25, 0.3) is 10.9 Å². The fraction of sp³-hybridized carbons (Fsp3) is 0.190. The lowest BCUT2D eigenvalue weighted by molar-refractivity contribution is -0.130. The number of ketones is 2. The Labute approximate surface area is 161 Å². The first-order chi connectivity index (χ1) is 12.9. The van der Waals surface area contributed by atoms with Crippen molar-refractivity contribution < 1.29 is 19.1 Å². The van der Waals surface area contributed by atoms with Gasteiger partial charge < -0.3 is 9.47 Å². The number of aromatic nitrogens is 1. The molecule has 0 saturated heterocycles. The van der Waals surface area contributed by atoms with Crippen LogP contribution >= 0.6 is 11.6 Å². The highest BCUT2D eigenvalue weighted by molar-refractivity contribution is 6.31. The van der Waals surface area contributed by atoms with Crippen molar-refractivity contribution in [2.75, 3.05) is 0 Å². The van der Waals surface area contributed by atoms with E-state index in [0.29, 0.717) is 22.4 Å². The standard InChI is InChI=1S/C21H18ClNO4/c1-13(24)11-20(25)14(2)26-17-5-7-18(8-6-17)27-21-10-3-15-12-16(22)4-9-19(15)23-21/h3-10,12,14H,11H2,1-2H3. The van der Waals surface area contributed by atoms with E-state index in [9.17, 15) is 9.59 Å². The van der Waals surface area contributed by atoms with Gasteiger partial charge in [0.2, 0.25) is 5.88 Å². The van der Waals surface area contributed by atoms with Gasteiger partial charge in [0, 0.05) is 16.5 Å². The van der Waals surface area contributed by atoms with Crippen LogP contribution in [0.15, 0.2) is 54.6 Å². The summed E-state index contributed by atoms with van der Waals surface area (Å²) in [5.74, 6) is 1.15. The number of rotatable bonds is 7. The van der Waals surface area contributed by atoms with Crippen molar-refractivity contribution in [1.29, 1.82) is 0 Å². The number of hydrogen-bond acceptors (Lipinski definition) is 5. The van der Waals surface area contributed by atoms with Crippen LogP contribution in [-0.4, -0.2) is 22.7 Å². The van der Waals surface area contributed by atoms with Gasteiger partial charge in [0.05, 0.1) is 11.9 Å². The smallest absolute Gasteiger partial charge is 0.219 e. The van der Waals surface area contributed by atoms with Crippen LogP contribution < -0.4 is 9.47 Å². The first kappa shape index (κ1) is 18.9. The van der Waals surface area contributed by atoms with E-state index in [1.807, 2.05) is 18.2 Å². The van der Waals surface area contributed by atoms with Crippen molar-refractivity contribution in [3.05, 3.63) is 59.6 Å². The minimum atomic E-state index is -0.686. The van der Waals surface area contributed by atoms with Gasteiger partial charge in [0.25, 0.3) is 0 Å². The maximum atomic E-state index is 11.8. The molecular formula is C21H18ClNO4. The van der Waals surface area contributed by atoms with Crippen molar-refractivity contribution >= 4 is 34.1 Å². The third-order valence-electron chi connectivity index (χ3n) is 3.86. The molecule has 3 rings (SSSR count). The maximum Gasteiger partial charge on any atom is 0.219 e. The molecule has 0 aliphatic carbocycles. The molecule has 0 spiro atoms. The lowest BCUT2D eigenvalue weighted by atomic mass is 10.1. The van der Waals surface area contributed by atoms with Crippen LogP contribution in [0.5, 0.6) is 17.4 Å². The number of hydrogen-bond donors (Lipinski definition) is 0. The summed E-state index contributed by atoms with van der Waals surface area (Å²) in [6, 6.07) is 16.0. The Hall–Kier alpha value is -2.92. The highest BCUT2D eigenvalue weighted by atomic mass is 35.5. The third-order valence-corrected chi connectivity index (χ3v) is 4.10. The summed E-state index contributed by atoms with van der Waals surface area (Å²) in [7, 11) is 0. The van der Waals surface area contributed by atoms with Gasteiger partial charge in [0.15, 0.2) is 11.9 Å². The zero-order valence-corrected chi connectivity index (χ0v) is 15.7. The molecule has 0 aliphatic heterocycles. The van der Waals surface area contributed by atoms with Gasteiger partial charge in [-0.1, -0.05) is 11.6 Å². The first-order valence-electron chi connectivity index (χ1n) is 8.44. The number of carbonyl (C=O) groups is 2. The number of fused-ring (bicyclic) bond motifs is 1. The number of ether oxygens (including phenoxy) is 2. The van der Waals surface area contributed by atoms with E-state index >= 15 is 0 Å². The second-order valence-electron chi connectivity index (χ2n) is 6.17. The van der Waals surface area contributed by atoms with Crippen molar-refractivity contribution in [1.82, 2.24) is 4.98 Å². The summed E-state index contributed by atoms with van der Waals surface area (Å²) < 4.78 is 11.3. The van der Waals surface area contributed by atoms with Crippen molar-refractivity contribution in [3.8, 4) is 17.4 Å². The molecule has 0 saturated carbocycles. The van der Waals surface area contributed by atoms with Gasteiger partial charge in [-0.05, 0) is 62.4 Å². The summed E-state index contributed by atoms with van der Waals surface area (Å²) in [5.41, 5.74) is 0.787. The highest BCUT2D eigenvalue weighted by Crippen LogP contribution is 2.26. The van der Waals surface area contributed by atoms with Crippen molar-refractivity contribution in [2.45, 2.75) is 26.4 Å². The Morgan fingerprint density at radius 3 is 2.44 bits per heavy atom. The minimum Gasteiger partial charge on any atom is -0.483 e. The Morgan fingerprint density at radius 1 is 1.04 bits per heavy atom. The number of pyridine rings is 1. The first-order valence-corrected chi connectivity index (χ1v) is 8.81. The number of nitrogens with zero attached hydrogens (tertiary/aromatic N) is 1. The van der Waals surface area contributed by atoms with Gasteiger partial charge in [0.1, 0.15) is 17.3 Å². The molecule has 27 heavy (non-hydrogen) atoms. The number of benzene rings is 2. The van der Waals surface area contributed by atoms with E-state index in [1.54, 1.807) is 43.3 Å². The van der Waals surface area contributed by atoms with Crippen LogP contribution in [0.3, 0.4) is 0 Å². The molecule has 1 atom stereocenters. The van der Waals surface area contributed by atoms with Gasteiger partial charge in [-0.15, -0.1) is 0 Å². The average molecular weight is 384 g/mol. The van der Waals surface area contributed by atoms with Crippen LogP contribution in [-0.2, 0) is 9.59 Å². The molecule has 6 heteroatoms. The lowest BCUT2D eigenvalue weighted by Gasteiger charge is -2.13. The minimum absolute atomic E-state index is 0.124. The van der Waals surface area contributed by atoms with Gasteiger partial charge in [-0.25, -0.2) is 4.98 Å². The SMILES string of the molecule is CC(=O)CC(=O)C(C)Oc1ccc(Oc2ccc3cc(Cl)ccc3n2)cc1. The van der Waals surface area contributed by atoms with Gasteiger partial charge in [-0.3, -0.25) is 9.59 Å². The van der Waals surface area contributed by atoms with Gasteiger partial charge >= 0.3 is 0 Å². The van der Waals surface area contributed by atoms with E-state index < -0.39 is 6.10 Å². The quantitative estimate of drug-likeness (QED) is 0.537. The maximum absolute atomic E-state index is 11.8. The molecular weight excluding hydrogens is 366 g/mol. The Morgan fingerprint density at radius 2 is 1.74 bits per heavy atom. The normalized spacial score (nSPS) is 11.8. The highest BCUT2D eigenvalue weighted by Gasteiger charge is 2.16. The van der Waals surface area contributed by atoms with Crippen molar-refractivity contribution in [3.63, 3.8) is 0 Å². The van der Waals surface area contributed by atoms with E-state index in [4.69, 9.17) is 21.1 Å². The molecule has 5 nitrogen and oxygen atoms in total. The molecule has 2 aromatic carbocycles. The zero-order chi connectivity index (χ0) is 19.4. The van der Waals surface area contributed by atoms with E-state index in [1.165, 1.54) is 6.92 Å². The van der Waals surface area contributed by atoms with E-state index in [-0.39, 0.29) is 18.0 Å². The Bertz CT molecular complexity index is 985. The average Bonchev–Trinajstić information content (AvgIpc) is 2.63. The van der Waals surface area contributed by atoms with Crippen LogP contribution in [0, 0.1) is 0 Å². The monoisotopic (exact) mass is 383 g/mol. The Kier molecular flexibility index (Phi) is 5.72. The third kappa shape index (κ3) is 5.05. The molecule has 1 aromatic heterocycles. The van der Waals surface area contributed by atoms with E-state index in [0.717, 1.165) is 10.9 Å². The van der Waals surface area contributed by atoms with Crippen LogP contribution in [0.4, 0.5) is 0 Å². The molecule has 1 unspecified atom stereocenters. The van der Waals surface area contributed by atoms with Crippen molar-refractivity contribution in [2.24, 2.45) is 0 Å². The molecule has 1 heterocycles. The molecule has 0 aliphatic rings. The topological polar surface area (TPSA) is 65.5 Å². The second-order valence-corrected chi connectivity index (χ2v) is 6.60.